The van der Waals surface area contributed by atoms with Crippen LogP contribution < -0.4 is 5.32 Å². The first-order valence-corrected chi connectivity index (χ1v) is 8.21. The van der Waals surface area contributed by atoms with Gasteiger partial charge in [-0.1, -0.05) is 29.3 Å². The smallest absolute Gasteiger partial charge is 0.275 e. The number of sulfonamides is 1. The van der Waals surface area contributed by atoms with Crippen molar-refractivity contribution in [3.63, 3.8) is 0 Å². The van der Waals surface area contributed by atoms with Crippen molar-refractivity contribution in [1.82, 2.24) is 4.31 Å². The van der Waals surface area contributed by atoms with Gasteiger partial charge in [0.1, 0.15) is 5.76 Å². The number of rotatable bonds is 5. The Morgan fingerprint density at radius 1 is 1.14 bits per heavy atom. The van der Waals surface area contributed by atoms with E-state index in [1.54, 1.807) is 24.3 Å². The molecule has 0 unspecified atom stereocenters. The van der Waals surface area contributed by atoms with Crippen molar-refractivity contribution < 1.29 is 12.8 Å². The van der Waals surface area contributed by atoms with Crippen LogP contribution in [0.3, 0.4) is 0 Å². The van der Waals surface area contributed by atoms with Gasteiger partial charge in [-0.3, -0.25) is 0 Å². The van der Waals surface area contributed by atoms with Crippen LogP contribution in [0.5, 0.6) is 0 Å². The third-order valence-electron chi connectivity index (χ3n) is 2.77. The molecule has 0 aliphatic carbocycles. The fraction of sp³-hybridized carbons (Fsp3) is 0.231. The van der Waals surface area contributed by atoms with Crippen LogP contribution in [-0.4, -0.2) is 26.8 Å². The first-order valence-electron chi connectivity index (χ1n) is 6.01. The number of nitrogens with one attached hydrogen (secondary N) is 1. The Bertz CT molecular complexity index is 721. The van der Waals surface area contributed by atoms with Crippen molar-refractivity contribution in [2.45, 2.75) is 11.6 Å². The third kappa shape index (κ3) is 3.52. The van der Waals surface area contributed by atoms with Crippen molar-refractivity contribution in [3.8, 4) is 0 Å². The van der Waals surface area contributed by atoms with Crippen molar-refractivity contribution in [3.05, 3.63) is 46.1 Å². The second kappa shape index (κ2) is 6.27. The number of hydrogen-bond donors (Lipinski definition) is 1. The molecule has 0 saturated heterocycles. The van der Waals surface area contributed by atoms with Gasteiger partial charge in [0.05, 0.1) is 22.3 Å². The molecule has 1 aromatic heterocycles. The average molecular weight is 349 g/mol. The summed E-state index contributed by atoms with van der Waals surface area (Å²) >= 11 is 12.1. The maximum absolute atomic E-state index is 11.9. The van der Waals surface area contributed by atoms with Gasteiger partial charge >= 0.3 is 0 Å². The minimum absolute atomic E-state index is 0.102. The highest BCUT2D eigenvalue weighted by Gasteiger charge is 2.21. The maximum atomic E-state index is 11.9. The predicted molar refractivity (Wildman–Crippen MR) is 83.4 cm³/mol. The molecule has 114 valence electrons. The molecule has 0 aliphatic rings. The molecule has 2 rings (SSSR count). The Morgan fingerprint density at radius 3 is 2.33 bits per heavy atom. The zero-order valence-corrected chi connectivity index (χ0v) is 13.8. The number of benzene rings is 1. The minimum atomic E-state index is -3.57. The molecule has 8 heteroatoms. The molecule has 1 aromatic carbocycles. The van der Waals surface area contributed by atoms with E-state index in [0.29, 0.717) is 21.5 Å². The van der Waals surface area contributed by atoms with Gasteiger partial charge in [0, 0.05) is 14.1 Å². The van der Waals surface area contributed by atoms with E-state index < -0.39 is 10.0 Å². The Kier molecular flexibility index (Phi) is 4.83. The Hall–Kier alpha value is -1.21. The summed E-state index contributed by atoms with van der Waals surface area (Å²) in [6.07, 6.45) is 0. The molecule has 0 atom stereocenters. The number of para-hydroxylation sites is 1. The van der Waals surface area contributed by atoms with E-state index in [1.165, 1.54) is 20.2 Å². The lowest BCUT2D eigenvalue weighted by Gasteiger charge is -2.09. The van der Waals surface area contributed by atoms with Crippen molar-refractivity contribution >= 4 is 38.9 Å². The summed E-state index contributed by atoms with van der Waals surface area (Å²) in [5.41, 5.74) is 0.578. The van der Waals surface area contributed by atoms with Crippen LogP contribution in [0.1, 0.15) is 5.76 Å². The fourth-order valence-corrected chi connectivity index (χ4v) is 2.96. The standard InChI is InChI=1S/C13H14Cl2N2O3S/c1-17(2)21(18,19)12-7-6-9(20-12)8-16-13-10(14)4-3-5-11(13)15/h3-7,16H,8H2,1-2H3. The third-order valence-corrected chi connectivity index (χ3v) is 5.09. The quantitative estimate of drug-likeness (QED) is 0.898. The average Bonchev–Trinajstić information content (AvgIpc) is 2.87. The Labute approximate surface area is 133 Å². The largest absolute Gasteiger partial charge is 0.446 e. The summed E-state index contributed by atoms with van der Waals surface area (Å²) in [6, 6.07) is 8.17. The number of nitrogens with zero attached hydrogens (tertiary/aromatic N) is 1. The molecule has 0 fully saturated rings. The predicted octanol–water partition coefficient (Wildman–Crippen LogP) is 3.45. The first-order chi connectivity index (χ1) is 9.82. The lowest BCUT2D eigenvalue weighted by molar-refractivity contribution is 0.402. The summed E-state index contributed by atoms with van der Waals surface area (Å²) in [6.45, 7) is 0.270. The van der Waals surface area contributed by atoms with Crippen LogP contribution in [0, 0.1) is 0 Å². The summed E-state index contributed by atoms with van der Waals surface area (Å²) in [5, 5.41) is 3.89. The van der Waals surface area contributed by atoms with E-state index in [1.807, 2.05) is 0 Å². The van der Waals surface area contributed by atoms with Gasteiger partial charge < -0.3 is 9.73 Å². The molecule has 0 radical (unpaired) electrons. The summed E-state index contributed by atoms with van der Waals surface area (Å²) in [4.78, 5) is 0. The first kappa shape index (κ1) is 16.2. The summed E-state index contributed by atoms with van der Waals surface area (Å²) in [7, 11) is -0.681. The molecule has 0 aliphatic heterocycles. The molecular formula is C13H14Cl2N2O3S. The highest BCUT2D eigenvalue weighted by atomic mass is 35.5. The topological polar surface area (TPSA) is 62.6 Å². The Morgan fingerprint density at radius 2 is 1.76 bits per heavy atom. The second-order valence-corrected chi connectivity index (χ2v) is 7.36. The van der Waals surface area contributed by atoms with E-state index in [4.69, 9.17) is 27.6 Å². The molecule has 0 saturated carbocycles. The number of anilines is 1. The molecule has 1 heterocycles. The maximum Gasteiger partial charge on any atom is 0.275 e. The van der Waals surface area contributed by atoms with E-state index in [-0.39, 0.29) is 11.6 Å². The highest BCUT2D eigenvalue weighted by Crippen LogP contribution is 2.30. The second-order valence-electron chi connectivity index (χ2n) is 4.46. The van der Waals surface area contributed by atoms with Crippen LogP contribution in [0.25, 0.3) is 0 Å². The van der Waals surface area contributed by atoms with Crippen molar-refractivity contribution in [2.24, 2.45) is 0 Å². The Balaban J connectivity index is 2.14. The van der Waals surface area contributed by atoms with Gasteiger partial charge in [-0.15, -0.1) is 0 Å². The van der Waals surface area contributed by atoms with E-state index in [0.717, 1.165) is 4.31 Å². The van der Waals surface area contributed by atoms with Crippen molar-refractivity contribution in [2.75, 3.05) is 19.4 Å². The monoisotopic (exact) mass is 348 g/mol. The SMILES string of the molecule is CN(C)S(=O)(=O)c1ccc(CNc2c(Cl)cccc2Cl)o1. The number of hydrogen-bond acceptors (Lipinski definition) is 4. The zero-order chi connectivity index (χ0) is 15.6. The highest BCUT2D eigenvalue weighted by molar-refractivity contribution is 7.88. The van der Waals surface area contributed by atoms with Crippen LogP contribution in [0.2, 0.25) is 10.0 Å². The molecule has 21 heavy (non-hydrogen) atoms. The van der Waals surface area contributed by atoms with E-state index >= 15 is 0 Å². The minimum Gasteiger partial charge on any atom is -0.446 e. The molecule has 2 aromatic rings. The fourth-order valence-electron chi connectivity index (χ4n) is 1.61. The summed E-state index contributed by atoms with van der Waals surface area (Å²) in [5.74, 6) is 0.464. The molecule has 0 amide bonds. The van der Waals surface area contributed by atoms with E-state index in [9.17, 15) is 8.42 Å². The van der Waals surface area contributed by atoms with Crippen LogP contribution in [0.4, 0.5) is 5.69 Å². The molecule has 1 N–H and O–H groups in total. The lowest BCUT2D eigenvalue weighted by atomic mass is 10.3. The van der Waals surface area contributed by atoms with Crippen LogP contribution in [0.15, 0.2) is 39.8 Å². The zero-order valence-electron chi connectivity index (χ0n) is 11.4. The van der Waals surface area contributed by atoms with Crippen molar-refractivity contribution in [1.29, 1.82) is 0 Å². The number of halogens is 2. The molecule has 5 nitrogen and oxygen atoms in total. The van der Waals surface area contributed by atoms with Gasteiger partial charge in [-0.25, -0.2) is 12.7 Å². The van der Waals surface area contributed by atoms with E-state index in [2.05, 4.69) is 5.32 Å². The van der Waals surface area contributed by atoms with Gasteiger partial charge in [0.25, 0.3) is 10.0 Å². The van der Waals surface area contributed by atoms with Crippen LogP contribution >= 0.6 is 23.2 Å². The van der Waals surface area contributed by atoms with Gasteiger partial charge in [0.15, 0.2) is 0 Å². The molecular weight excluding hydrogens is 335 g/mol. The molecule has 0 bridgehead atoms. The molecule has 0 spiro atoms. The van der Waals surface area contributed by atoms with Gasteiger partial charge in [-0.2, -0.15) is 0 Å². The van der Waals surface area contributed by atoms with Gasteiger partial charge in [0.2, 0.25) is 5.09 Å². The van der Waals surface area contributed by atoms with Gasteiger partial charge in [-0.05, 0) is 24.3 Å². The number of furan rings is 1. The summed E-state index contributed by atoms with van der Waals surface area (Å²) < 4.78 is 30.2. The van der Waals surface area contributed by atoms with Crippen LogP contribution in [-0.2, 0) is 16.6 Å². The lowest BCUT2D eigenvalue weighted by Crippen LogP contribution is -2.21. The normalized spacial score (nSPS) is 11.9.